The van der Waals surface area contributed by atoms with Crippen molar-refractivity contribution in [3.05, 3.63) is 107 Å². The predicted molar refractivity (Wildman–Crippen MR) is 129 cm³/mol. The Labute approximate surface area is 190 Å². The smallest absolute Gasteiger partial charge is 0.140 e. The molecule has 0 fully saturated rings. The number of rotatable bonds is 5. The first-order valence-electron chi connectivity index (χ1n) is 11.3. The largest absolute Gasteiger partial charge is 0.388 e. The Morgan fingerprint density at radius 3 is 2.78 bits per heavy atom. The van der Waals surface area contributed by atoms with Crippen LogP contribution in [-0.2, 0) is 13.1 Å². The molecule has 2 aliphatic heterocycles. The summed E-state index contributed by atoms with van der Waals surface area (Å²) in [6.45, 7) is 2.81. The van der Waals surface area contributed by atoms with Crippen LogP contribution in [-0.4, -0.2) is 30.0 Å². The Bertz CT molecular complexity index is 1290. The Morgan fingerprint density at radius 2 is 1.97 bits per heavy atom. The van der Waals surface area contributed by atoms with Crippen molar-refractivity contribution in [2.24, 2.45) is 0 Å². The van der Waals surface area contributed by atoms with Gasteiger partial charge in [-0.2, -0.15) is 5.26 Å². The minimum atomic E-state index is 0.501. The zero-order valence-electron chi connectivity index (χ0n) is 19.0. The summed E-state index contributed by atoms with van der Waals surface area (Å²) in [4.78, 5) is 8.97. The van der Waals surface area contributed by atoms with E-state index in [2.05, 4.69) is 63.7 Å². The van der Waals surface area contributed by atoms with Gasteiger partial charge >= 0.3 is 0 Å². The van der Waals surface area contributed by atoms with E-state index in [0.29, 0.717) is 24.8 Å². The van der Waals surface area contributed by atoms with E-state index in [4.69, 9.17) is 1.37 Å². The molecule has 0 saturated carbocycles. The second-order valence-electron chi connectivity index (χ2n) is 8.10. The number of fused-ring (bicyclic) bond motifs is 3. The summed E-state index contributed by atoms with van der Waals surface area (Å²) in [7, 11) is 1.91. The summed E-state index contributed by atoms with van der Waals surface area (Å²) in [5.74, 6) is 0.838. The third-order valence-electron chi connectivity index (χ3n) is 5.91. The SMILES string of the molecule is [2H]C1=C2CN(Cc3cccc(C#N)c3)CC=C2c2cccnc2N1Cc1ccc(NC)cc1. The lowest BCUT2D eigenvalue weighted by atomic mass is 9.92. The molecule has 1 aromatic heterocycles. The Morgan fingerprint density at radius 1 is 1.09 bits per heavy atom. The maximum Gasteiger partial charge on any atom is 0.140 e. The van der Waals surface area contributed by atoms with Gasteiger partial charge < -0.3 is 10.2 Å². The molecule has 5 rings (SSSR count). The summed E-state index contributed by atoms with van der Waals surface area (Å²) in [6, 6.07) is 22.3. The van der Waals surface area contributed by atoms with Crippen LogP contribution in [0.25, 0.3) is 5.57 Å². The highest BCUT2D eigenvalue weighted by molar-refractivity contribution is 5.89. The molecule has 0 aliphatic carbocycles. The maximum atomic E-state index is 9.21. The van der Waals surface area contributed by atoms with Crippen LogP contribution < -0.4 is 10.2 Å². The predicted octanol–water partition coefficient (Wildman–Crippen LogP) is 4.80. The summed E-state index contributed by atoms with van der Waals surface area (Å²) in [5, 5.41) is 12.4. The van der Waals surface area contributed by atoms with Gasteiger partial charge in [0.05, 0.1) is 13.0 Å². The quantitative estimate of drug-likeness (QED) is 0.643. The maximum absolute atomic E-state index is 9.21. The minimum Gasteiger partial charge on any atom is -0.388 e. The van der Waals surface area contributed by atoms with Gasteiger partial charge in [-0.25, -0.2) is 4.98 Å². The fourth-order valence-corrected chi connectivity index (χ4v) is 4.31. The number of anilines is 2. The first-order valence-corrected chi connectivity index (χ1v) is 10.8. The van der Waals surface area contributed by atoms with Crippen LogP contribution in [0, 0.1) is 11.3 Å². The molecule has 5 heteroatoms. The number of nitrogens with one attached hydrogen (secondary N) is 1. The highest BCUT2D eigenvalue weighted by Crippen LogP contribution is 2.38. The number of nitriles is 1. The van der Waals surface area contributed by atoms with Gasteiger partial charge in [0, 0.05) is 56.9 Å². The van der Waals surface area contributed by atoms with Gasteiger partial charge in [-0.15, -0.1) is 0 Å². The van der Waals surface area contributed by atoms with Crippen molar-refractivity contribution in [1.29, 1.82) is 5.26 Å². The molecule has 0 saturated heterocycles. The van der Waals surface area contributed by atoms with Gasteiger partial charge in [-0.05, 0) is 58.7 Å². The van der Waals surface area contributed by atoms with Gasteiger partial charge in [0.2, 0.25) is 0 Å². The fourth-order valence-electron chi connectivity index (χ4n) is 4.31. The highest BCUT2D eigenvalue weighted by Gasteiger charge is 2.27. The van der Waals surface area contributed by atoms with E-state index >= 15 is 0 Å². The molecule has 3 aromatic rings. The molecule has 0 spiro atoms. The van der Waals surface area contributed by atoms with Crippen molar-refractivity contribution in [2.45, 2.75) is 13.1 Å². The summed E-state index contributed by atoms with van der Waals surface area (Å²) < 4.78 is 9.09. The number of pyridine rings is 1. The Balaban J connectivity index is 1.46. The average Bonchev–Trinajstić information content (AvgIpc) is 2.87. The Kier molecular flexibility index (Phi) is 5.13. The van der Waals surface area contributed by atoms with E-state index < -0.39 is 0 Å². The monoisotopic (exact) mass is 420 g/mol. The molecule has 0 radical (unpaired) electrons. The van der Waals surface area contributed by atoms with Crippen LogP contribution in [0.15, 0.2) is 84.7 Å². The molecule has 0 amide bonds. The molecular formula is C27H25N5. The number of hydrogen-bond donors (Lipinski definition) is 1. The van der Waals surface area contributed by atoms with E-state index in [0.717, 1.165) is 52.4 Å². The zero-order chi connectivity index (χ0) is 22.8. The molecule has 32 heavy (non-hydrogen) atoms. The van der Waals surface area contributed by atoms with E-state index in [1.165, 1.54) is 0 Å². The average molecular weight is 421 g/mol. The van der Waals surface area contributed by atoms with Crippen LogP contribution in [0.2, 0.25) is 0 Å². The molecule has 3 heterocycles. The van der Waals surface area contributed by atoms with E-state index in [9.17, 15) is 5.26 Å². The summed E-state index contributed by atoms with van der Waals surface area (Å²) >= 11 is 0. The van der Waals surface area contributed by atoms with Crippen LogP contribution >= 0.6 is 0 Å². The van der Waals surface area contributed by atoms with Crippen molar-refractivity contribution in [3.63, 3.8) is 0 Å². The first-order chi connectivity index (χ1) is 16.2. The highest BCUT2D eigenvalue weighted by atomic mass is 15.2. The van der Waals surface area contributed by atoms with Crippen LogP contribution in [0.4, 0.5) is 11.5 Å². The lowest BCUT2D eigenvalue weighted by Crippen LogP contribution is -2.33. The van der Waals surface area contributed by atoms with Crippen molar-refractivity contribution in [3.8, 4) is 6.07 Å². The van der Waals surface area contributed by atoms with Crippen molar-refractivity contribution in [1.82, 2.24) is 9.88 Å². The minimum absolute atomic E-state index is 0.501. The van der Waals surface area contributed by atoms with Crippen LogP contribution in [0.3, 0.4) is 0 Å². The number of benzene rings is 2. The van der Waals surface area contributed by atoms with Crippen molar-refractivity contribution >= 4 is 17.1 Å². The van der Waals surface area contributed by atoms with E-state index in [-0.39, 0.29) is 0 Å². The number of aromatic nitrogens is 1. The van der Waals surface area contributed by atoms with Gasteiger partial charge in [0.1, 0.15) is 5.82 Å². The first kappa shape index (κ1) is 18.9. The molecule has 158 valence electrons. The summed E-state index contributed by atoms with van der Waals surface area (Å²) in [5.41, 5.74) is 7.20. The molecular weight excluding hydrogens is 394 g/mol. The lowest BCUT2D eigenvalue weighted by Gasteiger charge is -2.35. The molecule has 2 aliphatic rings. The van der Waals surface area contributed by atoms with Crippen LogP contribution in [0.1, 0.15) is 23.6 Å². The third kappa shape index (κ3) is 4.01. The number of hydrogen-bond acceptors (Lipinski definition) is 5. The topological polar surface area (TPSA) is 55.2 Å². The molecule has 0 unspecified atom stereocenters. The molecule has 1 N–H and O–H groups in total. The van der Waals surface area contributed by atoms with Crippen molar-refractivity contribution in [2.75, 3.05) is 30.4 Å². The second-order valence-corrected chi connectivity index (χ2v) is 8.10. The second kappa shape index (κ2) is 8.70. The lowest BCUT2D eigenvalue weighted by molar-refractivity contribution is 0.317. The van der Waals surface area contributed by atoms with E-state index in [1.54, 1.807) is 6.20 Å². The molecule has 0 bridgehead atoms. The van der Waals surface area contributed by atoms with Gasteiger partial charge in [0.15, 0.2) is 0 Å². The van der Waals surface area contributed by atoms with Gasteiger partial charge in [-0.1, -0.05) is 30.3 Å². The van der Waals surface area contributed by atoms with Gasteiger partial charge in [-0.3, -0.25) is 4.90 Å². The molecule has 0 atom stereocenters. The standard InChI is InChI=1S/C27H25N5/c1-29-24-9-7-20(8-10-24)17-32-19-23-18-31(16-22-5-2-4-21(14-22)15-28)13-11-25(23)26-6-3-12-30-27(26)32/h2-12,14,19,29H,13,16-18H2,1H3/i19D. The normalized spacial score (nSPS) is 15.9. The number of nitrogens with zero attached hydrogens (tertiary/aromatic N) is 4. The molecule has 5 nitrogen and oxygen atoms in total. The van der Waals surface area contributed by atoms with Gasteiger partial charge in [0.25, 0.3) is 0 Å². The summed E-state index contributed by atoms with van der Waals surface area (Å²) in [6.07, 6.45) is 4.51. The third-order valence-corrected chi connectivity index (χ3v) is 5.91. The Hall–Kier alpha value is -3.88. The van der Waals surface area contributed by atoms with Crippen molar-refractivity contribution < 1.29 is 1.37 Å². The van der Waals surface area contributed by atoms with E-state index in [1.807, 2.05) is 36.2 Å². The van der Waals surface area contributed by atoms with Crippen LogP contribution in [0.5, 0.6) is 0 Å². The fraction of sp³-hybridized carbons (Fsp3) is 0.185. The zero-order valence-corrected chi connectivity index (χ0v) is 18.0. The molecule has 2 aromatic carbocycles.